The number of anilines is 1. The molecule has 6 nitrogen and oxygen atoms in total. The van der Waals surface area contributed by atoms with Gasteiger partial charge in [0.05, 0.1) is 22.4 Å². The van der Waals surface area contributed by atoms with Crippen LogP contribution in [0, 0.1) is 0 Å². The van der Waals surface area contributed by atoms with Crippen LogP contribution in [0.15, 0.2) is 48.5 Å². The Labute approximate surface area is 226 Å². The number of hydrogen-bond acceptors (Lipinski definition) is 4. The number of amides is 2. The average Bonchev–Trinajstić information content (AvgIpc) is 3.13. The summed E-state index contributed by atoms with van der Waals surface area (Å²) in [7, 11) is 0. The Balaban J connectivity index is 2.03. The molecule has 3 aromatic rings. The molecule has 2 amide bonds. The highest BCUT2D eigenvalue weighted by atomic mass is 35.5. The molecule has 0 spiro atoms. The Bertz CT molecular complexity index is 1300. The van der Waals surface area contributed by atoms with Crippen LogP contribution >= 0.6 is 35.0 Å². The molecule has 1 N–H and O–H groups in total. The number of carbonyl (C=O) groups is 2. The third kappa shape index (κ3) is 5.43. The quantitative estimate of drug-likeness (QED) is 0.417. The van der Waals surface area contributed by atoms with Crippen LogP contribution in [0.4, 0.5) is 5.82 Å². The third-order valence-corrected chi connectivity index (χ3v) is 7.61. The zero-order valence-corrected chi connectivity index (χ0v) is 23.3. The van der Waals surface area contributed by atoms with Crippen LogP contribution in [0.25, 0.3) is 5.69 Å². The lowest BCUT2D eigenvalue weighted by molar-refractivity contribution is -0.123. The summed E-state index contributed by atoms with van der Waals surface area (Å²) in [6.07, 6.45) is 0. The van der Waals surface area contributed by atoms with Gasteiger partial charge in [-0.1, -0.05) is 68.2 Å². The first-order valence-corrected chi connectivity index (χ1v) is 13.6. The summed E-state index contributed by atoms with van der Waals surface area (Å²) in [5.41, 5.74) is 2.97. The van der Waals surface area contributed by atoms with Gasteiger partial charge in [0, 0.05) is 27.1 Å². The van der Waals surface area contributed by atoms with Gasteiger partial charge in [0.2, 0.25) is 11.8 Å². The number of fused-ring (bicyclic) bond motifs is 1. The second kappa shape index (κ2) is 10.5. The van der Waals surface area contributed by atoms with Crippen LogP contribution in [-0.4, -0.2) is 39.9 Å². The van der Waals surface area contributed by atoms with E-state index in [1.165, 1.54) is 11.8 Å². The van der Waals surface area contributed by atoms with Gasteiger partial charge in [0.1, 0.15) is 12.4 Å². The number of rotatable bonds is 5. The van der Waals surface area contributed by atoms with Crippen molar-refractivity contribution in [2.24, 2.45) is 0 Å². The molecule has 2 aromatic carbocycles. The smallest absolute Gasteiger partial charge is 0.240 e. The molecule has 0 saturated carbocycles. The van der Waals surface area contributed by atoms with E-state index in [2.05, 4.69) is 26.1 Å². The maximum Gasteiger partial charge on any atom is 0.240 e. The van der Waals surface area contributed by atoms with Crippen LogP contribution in [0.1, 0.15) is 56.7 Å². The lowest BCUT2D eigenvalue weighted by Crippen LogP contribution is -2.44. The second-order valence-corrected chi connectivity index (χ2v) is 12.1. The van der Waals surface area contributed by atoms with E-state index >= 15 is 0 Å². The minimum atomic E-state index is -0.354. The van der Waals surface area contributed by atoms with Gasteiger partial charge in [-0.05, 0) is 43.7 Å². The first kappa shape index (κ1) is 26.6. The average molecular weight is 546 g/mol. The molecule has 1 unspecified atom stereocenters. The molecule has 0 bridgehead atoms. The van der Waals surface area contributed by atoms with Gasteiger partial charge in [0.15, 0.2) is 0 Å². The summed E-state index contributed by atoms with van der Waals surface area (Å²) in [6.45, 7) is 9.95. The summed E-state index contributed by atoms with van der Waals surface area (Å²) in [6, 6.07) is 15.0. The molecular weight excluding hydrogens is 515 g/mol. The molecule has 36 heavy (non-hydrogen) atoms. The summed E-state index contributed by atoms with van der Waals surface area (Å²) in [5, 5.41) is 8.88. The fourth-order valence-corrected chi connectivity index (χ4v) is 6.03. The zero-order valence-electron chi connectivity index (χ0n) is 21.0. The number of nitrogens with one attached hydrogen (secondary N) is 1. The van der Waals surface area contributed by atoms with E-state index in [4.69, 9.17) is 28.3 Å². The molecule has 2 heterocycles. The molecule has 0 saturated heterocycles. The van der Waals surface area contributed by atoms with Gasteiger partial charge in [-0.25, -0.2) is 4.68 Å². The number of hydrogen-bond donors (Lipinski definition) is 1. The van der Waals surface area contributed by atoms with Gasteiger partial charge < -0.3 is 5.32 Å². The molecule has 0 fully saturated rings. The fraction of sp³-hybridized carbons (Fsp3) is 0.370. The largest absolute Gasteiger partial charge is 0.352 e. The summed E-state index contributed by atoms with van der Waals surface area (Å²) in [4.78, 5) is 28.1. The molecule has 1 aliphatic rings. The van der Waals surface area contributed by atoms with Gasteiger partial charge >= 0.3 is 0 Å². The van der Waals surface area contributed by atoms with E-state index in [-0.39, 0.29) is 40.8 Å². The van der Waals surface area contributed by atoms with Gasteiger partial charge in [-0.15, -0.1) is 11.8 Å². The molecule has 4 rings (SSSR count). The Morgan fingerprint density at radius 1 is 1.17 bits per heavy atom. The van der Waals surface area contributed by atoms with E-state index in [0.717, 1.165) is 16.8 Å². The van der Waals surface area contributed by atoms with E-state index < -0.39 is 0 Å². The SMILES string of the molecule is CC(C)NC(=O)CN1C(=O)CSC(c2ccccc2Cl)c2c(C(C)(C)C)nn(-c3cccc(Cl)c3)c21. The van der Waals surface area contributed by atoms with E-state index in [0.29, 0.717) is 21.6 Å². The predicted octanol–water partition coefficient (Wildman–Crippen LogP) is 6.17. The highest BCUT2D eigenvalue weighted by molar-refractivity contribution is 8.00. The number of carbonyl (C=O) groups excluding carboxylic acids is 2. The second-order valence-electron chi connectivity index (χ2n) is 10.1. The van der Waals surface area contributed by atoms with Gasteiger partial charge in [-0.3, -0.25) is 14.5 Å². The normalized spacial score (nSPS) is 16.2. The summed E-state index contributed by atoms with van der Waals surface area (Å²) in [5.74, 6) is 0.361. The van der Waals surface area contributed by atoms with Crippen molar-refractivity contribution < 1.29 is 9.59 Å². The van der Waals surface area contributed by atoms with Crippen molar-refractivity contribution in [2.75, 3.05) is 17.2 Å². The Hall–Kier alpha value is -2.48. The Morgan fingerprint density at radius 3 is 2.53 bits per heavy atom. The van der Waals surface area contributed by atoms with Gasteiger partial charge in [-0.2, -0.15) is 5.10 Å². The molecule has 9 heteroatoms. The summed E-state index contributed by atoms with van der Waals surface area (Å²) < 4.78 is 1.75. The first-order valence-electron chi connectivity index (χ1n) is 11.8. The van der Waals surface area contributed by atoms with Crippen LogP contribution in [0.2, 0.25) is 10.0 Å². The molecular formula is C27H30Cl2N4O2S. The monoisotopic (exact) mass is 544 g/mol. The number of benzene rings is 2. The van der Waals surface area contributed by atoms with Crippen molar-refractivity contribution in [3.8, 4) is 5.69 Å². The highest BCUT2D eigenvalue weighted by Crippen LogP contribution is 2.49. The number of halogens is 2. The standard InChI is InChI=1S/C27H30Cl2N4O2S/c1-16(2)30-21(34)14-32-22(35)15-36-24(19-11-6-7-12-20(19)29)23-25(27(3,4)5)31-33(26(23)32)18-10-8-9-17(28)13-18/h6-13,16,24H,14-15H2,1-5H3,(H,30,34). The minimum Gasteiger partial charge on any atom is -0.352 e. The van der Waals surface area contributed by atoms with Crippen LogP contribution < -0.4 is 10.2 Å². The molecule has 1 aliphatic heterocycles. The van der Waals surface area contributed by atoms with Crippen molar-refractivity contribution in [3.05, 3.63) is 75.4 Å². The molecule has 0 radical (unpaired) electrons. The molecule has 1 atom stereocenters. The molecule has 1 aromatic heterocycles. The molecule has 190 valence electrons. The number of aromatic nitrogens is 2. The maximum absolute atomic E-state index is 13.6. The number of thioether (sulfide) groups is 1. The van der Waals surface area contributed by atoms with E-state index in [9.17, 15) is 9.59 Å². The van der Waals surface area contributed by atoms with Crippen molar-refractivity contribution >= 4 is 52.6 Å². The van der Waals surface area contributed by atoms with Crippen molar-refractivity contribution in [1.82, 2.24) is 15.1 Å². The first-order chi connectivity index (χ1) is 17.0. The zero-order chi connectivity index (χ0) is 26.2. The predicted molar refractivity (Wildman–Crippen MR) is 149 cm³/mol. The molecule has 0 aliphatic carbocycles. The summed E-state index contributed by atoms with van der Waals surface area (Å²) >= 11 is 14.5. The van der Waals surface area contributed by atoms with Crippen molar-refractivity contribution in [1.29, 1.82) is 0 Å². The van der Waals surface area contributed by atoms with Crippen LogP contribution in [0.5, 0.6) is 0 Å². The lowest BCUT2D eigenvalue weighted by Gasteiger charge is -2.25. The lowest BCUT2D eigenvalue weighted by atomic mass is 9.87. The van der Waals surface area contributed by atoms with Gasteiger partial charge in [0.25, 0.3) is 0 Å². The third-order valence-electron chi connectivity index (χ3n) is 5.79. The highest BCUT2D eigenvalue weighted by Gasteiger charge is 2.40. The van der Waals surface area contributed by atoms with Crippen LogP contribution in [0.3, 0.4) is 0 Å². The van der Waals surface area contributed by atoms with E-state index in [1.54, 1.807) is 21.7 Å². The van der Waals surface area contributed by atoms with Crippen molar-refractivity contribution in [2.45, 2.75) is 51.3 Å². The van der Waals surface area contributed by atoms with Crippen molar-refractivity contribution in [3.63, 3.8) is 0 Å². The Morgan fingerprint density at radius 2 is 1.89 bits per heavy atom. The minimum absolute atomic E-state index is 0.0488. The van der Waals surface area contributed by atoms with Crippen LogP contribution in [-0.2, 0) is 15.0 Å². The fourth-order valence-electron chi connectivity index (χ4n) is 4.31. The topological polar surface area (TPSA) is 67.2 Å². The van der Waals surface area contributed by atoms with E-state index in [1.807, 2.05) is 50.2 Å². The Kier molecular flexibility index (Phi) is 7.74. The number of nitrogens with zero attached hydrogens (tertiary/aromatic N) is 3. The maximum atomic E-state index is 13.6.